The molecule has 2 amide bonds. The lowest BCUT2D eigenvalue weighted by Gasteiger charge is -2.37. The minimum atomic E-state index is -0.380. The molecule has 0 N–H and O–H groups in total. The lowest BCUT2D eigenvalue weighted by atomic mass is 10.00. The van der Waals surface area contributed by atoms with Crippen molar-refractivity contribution in [2.75, 3.05) is 32.8 Å². The fourth-order valence-electron chi connectivity index (χ4n) is 4.92. The van der Waals surface area contributed by atoms with Crippen molar-refractivity contribution in [1.29, 1.82) is 0 Å². The number of hydrogen-bond acceptors (Lipinski definition) is 5. The molecule has 6 nitrogen and oxygen atoms in total. The Morgan fingerprint density at radius 3 is 2.84 bits per heavy atom. The number of amides is 2. The van der Waals surface area contributed by atoms with Crippen molar-refractivity contribution in [2.45, 2.75) is 31.4 Å². The number of benzene rings is 2. The van der Waals surface area contributed by atoms with Crippen LogP contribution in [0, 0.1) is 5.82 Å². The minimum absolute atomic E-state index is 0.0822. The van der Waals surface area contributed by atoms with Crippen LogP contribution in [-0.2, 0) is 16.0 Å². The molecule has 3 aromatic rings. The second kappa shape index (κ2) is 11.6. The third-order valence-electron chi connectivity index (χ3n) is 6.75. The van der Waals surface area contributed by atoms with Crippen LogP contribution in [0.25, 0.3) is 0 Å². The van der Waals surface area contributed by atoms with E-state index in [1.54, 1.807) is 57.5 Å². The third kappa shape index (κ3) is 6.14. The molecule has 1 saturated heterocycles. The molecule has 3 heterocycles. The van der Waals surface area contributed by atoms with E-state index in [0.717, 1.165) is 24.8 Å². The largest absolute Gasteiger partial charge is 0.491 e. The molecule has 0 saturated carbocycles. The van der Waals surface area contributed by atoms with Crippen LogP contribution in [0.3, 0.4) is 0 Å². The van der Waals surface area contributed by atoms with Crippen molar-refractivity contribution >= 4 is 34.8 Å². The summed E-state index contributed by atoms with van der Waals surface area (Å²) >= 11 is 7.79. The summed E-state index contributed by atoms with van der Waals surface area (Å²) in [5, 5.41) is 2.48. The van der Waals surface area contributed by atoms with Crippen LogP contribution in [-0.4, -0.2) is 60.6 Å². The Balaban J connectivity index is 1.36. The highest BCUT2D eigenvalue weighted by molar-refractivity contribution is 7.10. The average Bonchev–Trinajstić information content (AvgIpc) is 3.58. The zero-order valence-corrected chi connectivity index (χ0v) is 21.8. The van der Waals surface area contributed by atoms with Gasteiger partial charge in [0.05, 0.1) is 12.1 Å². The first-order valence-electron chi connectivity index (χ1n) is 12.4. The second-order valence-corrected chi connectivity index (χ2v) is 10.7. The van der Waals surface area contributed by atoms with Gasteiger partial charge in [0.15, 0.2) is 0 Å². The smallest absolute Gasteiger partial charge is 0.254 e. The Labute approximate surface area is 224 Å². The summed E-state index contributed by atoms with van der Waals surface area (Å²) in [6, 6.07) is 14.4. The molecular formula is C28H28ClFN2O4S. The topological polar surface area (TPSA) is 59.1 Å². The summed E-state index contributed by atoms with van der Waals surface area (Å²) in [5.74, 6) is -0.397. The molecule has 0 aliphatic carbocycles. The van der Waals surface area contributed by atoms with E-state index >= 15 is 0 Å². The summed E-state index contributed by atoms with van der Waals surface area (Å²) in [5.41, 5.74) is 1.47. The highest BCUT2D eigenvalue weighted by atomic mass is 35.5. The van der Waals surface area contributed by atoms with Gasteiger partial charge in [0.25, 0.3) is 5.91 Å². The van der Waals surface area contributed by atoms with Crippen LogP contribution < -0.4 is 4.74 Å². The number of nitrogens with zero attached hydrogens (tertiary/aromatic N) is 2. The van der Waals surface area contributed by atoms with E-state index in [4.69, 9.17) is 21.1 Å². The number of rotatable bonds is 8. The molecule has 0 unspecified atom stereocenters. The number of fused-ring (bicyclic) bond motifs is 1. The van der Waals surface area contributed by atoms with Crippen molar-refractivity contribution < 1.29 is 23.5 Å². The SMILES string of the molecule is O=C(c1cccc(Cl)c1)N(CC(=O)N1CCc2sccc2[C@H]1COc1cccc(F)c1)C[C@H]1CCCO1. The predicted molar refractivity (Wildman–Crippen MR) is 141 cm³/mol. The van der Waals surface area contributed by atoms with Gasteiger partial charge in [-0.05, 0) is 66.6 Å². The number of halogens is 2. The monoisotopic (exact) mass is 542 g/mol. The van der Waals surface area contributed by atoms with Gasteiger partial charge in [-0.3, -0.25) is 9.59 Å². The Hall–Kier alpha value is -2.94. The molecule has 2 aliphatic heterocycles. The van der Waals surface area contributed by atoms with E-state index in [2.05, 4.69) is 0 Å². The summed E-state index contributed by atoms with van der Waals surface area (Å²) < 4.78 is 25.4. The maximum Gasteiger partial charge on any atom is 0.254 e. The van der Waals surface area contributed by atoms with Gasteiger partial charge in [0.2, 0.25) is 5.91 Å². The number of carbonyl (C=O) groups is 2. The Bertz CT molecular complexity index is 1260. The summed E-state index contributed by atoms with van der Waals surface area (Å²) in [4.78, 5) is 31.8. The fraction of sp³-hybridized carbons (Fsp3) is 0.357. The standard InChI is InChI=1S/C28H28ClFN2O4S/c29-20-5-1-4-19(14-20)28(34)31(16-23-8-3-12-35-23)17-27(33)32-11-9-26-24(10-13-37-26)25(32)18-36-22-7-2-6-21(30)15-22/h1-2,4-7,10,13-15,23,25H,3,8-9,11-12,16-18H2/t23-,25-/m1/s1. The molecular weight excluding hydrogens is 515 g/mol. The van der Waals surface area contributed by atoms with Gasteiger partial charge >= 0.3 is 0 Å². The summed E-state index contributed by atoms with van der Waals surface area (Å²) in [6.07, 6.45) is 2.42. The van der Waals surface area contributed by atoms with E-state index in [9.17, 15) is 14.0 Å². The number of ether oxygens (including phenoxy) is 2. The lowest BCUT2D eigenvalue weighted by molar-refractivity contribution is -0.135. The van der Waals surface area contributed by atoms with Gasteiger partial charge in [0.1, 0.15) is 24.7 Å². The average molecular weight is 543 g/mol. The van der Waals surface area contributed by atoms with Gasteiger partial charge in [-0.25, -0.2) is 4.39 Å². The van der Waals surface area contributed by atoms with Crippen molar-refractivity contribution in [3.8, 4) is 5.75 Å². The van der Waals surface area contributed by atoms with Crippen LogP contribution in [0.5, 0.6) is 5.75 Å². The molecule has 2 aromatic carbocycles. The van der Waals surface area contributed by atoms with Gasteiger partial charge in [-0.1, -0.05) is 23.7 Å². The highest BCUT2D eigenvalue weighted by Gasteiger charge is 2.34. The van der Waals surface area contributed by atoms with Crippen LogP contribution in [0.2, 0.25) is 5.02 Å². The lowest BCUT2D eigenvalue weighted by Crippen LogP contribution is -2.49. The molecule has 0 bridgehead atoms. The van der Waals surface area contributed by atoms with E-state index < -0.39 is 0 Å². The van der Waals surface area contributed by atoms with Gasteiger partial charge in [-0.15, -0.1) is 11.3 Å². The van der Waals surface area contributed by atoms with Gasteiger partial charge in [-0.2, -0.15) is 0 Å². The maximum atomic E-state index is 13.7. The highest BCUT2D eigenvalue weighted by Crippen LogP contribution is 2.34. The summed E-state index contributed by atoms with van der Waals surface area (Å²) in [7, 11) is 0. The van der Waals surface area contributed by atoms with E-state index in [0.29, 0.717) is 36.0 Å². The second-order valence-electron chi connectivity index (χ2n) is 9.25. The number of hydrogen-bond donors (Lipinski definition) is 0. The van der Waals surface area contributed by atoms with Crippen LogP contribution in [0.1, 0.15) is 39.7 Å². The van der Waals surface area contributed by atoms with E-state index in [-0.39, 0.29) is 42.9 Å². The Kier molecular flexibility index (Phi) is 8.08. The molecule has 2 atom stereocenters. The molecule has 0 radical (unpaired) electrons. The van der Waals surface area contributed by atoms with Crippen molar-refractivity contribution in [3.05, 3.63) is 86.8 Å². The van der Waals surface area contributed by atoms with E-state index in [1.807, 2.05) is 11.4 Å². The van der Waals surface area contributed by atoms with Crippen molar-refractivity contribution in [2.24, 2.45) is 0 Å². The molecule has 194 valence electrons. The molecule has 9 heteroatoms. The minimum Gasteiger partial charge on any atom is -0.491 e. The maximum absolute atomic E-state index is 13.7. The van der Waals surface area contributed by atoms with Crippen LogP contribution >= 0.6 is 22.9 Å². The van der Waals surface area contributed by atoms with Crippen LogP contribution in [0.4, 0.5) is 4.39 Å². The van der Waals surface area contributed by atoms with Gasteiger partial charge < -0.3 is 19.3 Å². The summed E-state index contributed by atoms with van der Waals surface area (Å²) in [6.45, 7) is 1.61. The zero-order chi connectivity index (χ0) is 25.8. The normalized spacial score (nSPS) is 18.9. The Morgan fingerprint density at radius 1 is 1.19 bits per heavy atom. The predicted octanol–water partition coefficient (Wildman–Crippen LogP) is 5.37. The molecule has 5 rings (SSSR count). The number of thiophene rings is 1. The Morgan fingerprint density at radius 2 is 2.05 bits per heavy atom. The first-order chi connectivity index (χ1) is 18.0. The molecule has 1 fully saturated rings. The quantitative estimate of drug-likeness (QED) is 0.384. The molecule has 2 aliphatic rings. The molecule has 0 spiro atoms. The third-order valence-corrected chi connectivity index (χ3v) is 7.98. The zero-order valence-electron chi connectivity index (χ0n) is 20.3. The van der Waals surface area contributed by atoms with Gasteiger partial charge in [0, 0.05) is 41.2 Å². The van der Waals surface area contributed by atoms with Crippen LogP contribution in [0.15, 0.2) is 60.0 Å². The van der Waals surface area contributed by atoms with Crippen molar-refractivity contribution in [1.82, 2.24) is 9.80 Å². The first kappa shape index (κ1) is 25.7. The number of carbonyl (C=O) groups excluding carboxylic acids is 2. The first-order valence-corrected chi connectivity index (χ1v) is 13.6. The molecule has 1 aromatic heterocycles. The fourth-order valence-corrected chi connectivity index (χ4v) is 6.04. The van der Waals surface area contributed by atoms with E-state index in [1.165, 1.54) is 17.0 Å². The molecule has 37 heavy (non-hydrogen) atoms. The van der Waals surface area contributed by atoms with Crippen molar-refractivity contribution in [3.63, 3.8) is 0 Å².